The summed E-state index contributed by atoms with van der Waals surface area (Å²) < 4.78 is 36.0. The fourth-order valence-corrected chi connectivity index (χ4v) is 2.67. The van der Waals surface area contributed by atoms with Crippen molar-refractivity contribution in [2.45, 2.75) is 5.09 Å². The van der Waals surface area contributed by atoms with E-state index in [2.05, 4.69) is 4.72 Å². The number of aromatic nitrogens is 1. The van der Waals surface area contributed by atoms with Crippen molar-refractivity contribution in [3.8, 4) is 0 Å². The molecule has 2 heterocycles. The molecule has 0 aliphatic carbocycles. The van der Waals surface area contributed by atoms with Crippen LogP contribution >= 0.6 is 0 Å². The molecule has 23 heavy (non-hydrogen) atoms. The Kier molecular flexibility index (Phi) is 3.34. The highest BCUT2D eigenvalue weighted by molar-refractivity contribution is 7.89. The van der Waals surface area contributed by atoms with Crippen LogP contribution in [-0.4, -0.2) is 25.9 Å². The minimum Gasteiger partial charge on any atom is -0.438 e. The Morgan fingerprint density at radius 1 is 1.22 bits per heavy atom. The number of nitrogens with one attached hydrogen (secondary N) is 1. The average Bonchev–Trinajstić information content (AvgIpc) is 3.10. The van der Waals surface area contributed by atoms with Crippen LogP contribution in [0.2, 0.25) is 0 Å². The van der Waals surface area contributed by atoms with E-state index in [-0.39, 0.29) is 16.9 Å². The van der Waals surface area contributed by atoms with Gasteiger partial charge in [-0.05, 0) is 31.3 Å². The van der Waals surface area contributed by atoms with Crippen LogP contribution in [-0.2, 0) is 10.0 Å². The molecular weight excluding hydrogens is 326 g/mol. The van der Waals surface area contributed by atoms with Crippen LogP contribution in [0.1, 0.15) is 10.6 Å². The lowest BCUT2D eigenvalue weighted by Crippen LogP contribution is -2.23. The number of sulfonamides is 1. The summed E-state index contributed by atoms with van der Waals surface area (Å²) in [4.78, 5) is 24.3. The standard InChI is InChI=1S/C13H11N3O6S/c1-15-23(19,20)11-5-4-9(21-11)12(17)16-8-3-2-7(14)6-10(8)22-13(16)18/h2-6,15H,14H2,1H3. The van der Waals surface area contributed by atoms with Gasteiger partial charge in [-0.3, -0.25) is 4.79 Å². The second kappa shape index (κ2) is 5.11. The molecule has 0 fully saturated rings. The molecule has 2 aromatic heterocycles. The maximum Gasteiger partial charge on any atom is 0.427 e. The Morgan fingerprint density at radius 3 is 2.65 bits per heavy atom. The quantitative estimate of drug-likeness (QED) is 0.658. The zero-order valence-electron chi connectivity index (χ0n) is 11.8. The minimum absolute atomic E-state index is 0.137. The summed E-state index contributed by atoms with van der Waals surface area (Å²) in [6.45, 7) is 0. The summed E-state index contributed by atoms with van der Waals surface area (Å²) in [6.07, 6.45) is 0. The maximum atomic E-state index is 12.4. The van der Waals surface area contributed by atoms with Gasteiger partial charge in [0.15, 0.2) is 11.3 Å². The van der Waals surface area contributed by atoms with Crippen LogP contribution in [0.5, 0.6) is 0 Å². The second-order valence-electron chi connectivity index (χ2n) is 4.56. The van der Waals surface area contributed by atoms with E-state index in [0.29, 0.717) is 5.69 Å². The molecule has 10 heteroatoms. The number of carbonyl (C=O) groups is 1. The van der Waals surface area contributed by atoms with Gasteiger partial charge in [-0.1, -0.05) is 0 Å². The smallest absolute Gasteiger partial charge is 0.427 e. The van der Waals surface area contributed by atoms with Crippen molar-refractivity contribution in [1.82, 2.24) is 9.29 Å². The van der Waals surface area contributed by atoms with E-state index in [1.807, 2.05) is 0 Å². The lowest BCUT2D eigenvalue weighted by atomic mass is 10.3. The number of benzene rings is 1. The molecule has 0 spiro atoms. The van der Waals surface area contributed by atoms with Gasteiger partial charge >= 0.3 is 11.7 Å². The first-order valence-electron chi connectivity index (χ1n) is 6.32. The fraction of sp³-hybridized carbons (Fsp3) is 0.0769. The third kappa shape index (κ3) is 2.43. The van der Waals surface area contributed by atoms with Crippen molar-refractivity contribution >= 4 is 32.7 Å². The molecular formula is C13H11N3O6S. The molecule has 3 N–H and O–H groups in total. The molecule has 0 amide bonds. The topological polar surface area (TPSA) is 138 Å². The molecule has 120 valence electrons. The first-order chi connectivity index (χ1) is 10.8. The normalized spacial score (nSPS) is 11.9. The summed E-state index contributed by atoms with van der Waals surface area (Å²) in [6, 6.07) is 6.63. The van der Waals surface area contributed by atoms with Gasteiger partial charge in [0.05, 0.1) is 5.52 Å². The number of rotatable bonds is 3. The highest BCUT2D eigenvalue weighted by atomic mass is 32.2. The summed E-state index contributed by atoms with van der Waals surface area (Å²) in [5.41, 5.74) is 6.29. The van der Waals surface area contributed by atoms with Crippen LogP contribution in [0.15, 0.2) is 49.1 Å². The number of furan rings is 1. The minimum atomic E-state index is -3.83. The summed E-state index contributed by atoms with van der Waals surface area (Å²) in [5.74, 6) is -2.10. The molecule has 9 nitrogen and oxygen atoms in total. The van der Waals surface area contributed by atoms with E-state index >= 15 is 0 Å². The van der Waals surface area contributed by atoms with Gasteiger partial charge in [0.2, 0.25) is 5.09 Å². The highest BCUT2D eigenvalue weighted by Crippen LogP contribution is 2.19. The van der Waals surface area contributed by atoms with Gasteiger partial charge in [-0.15, -0.1) is 0 Å². The van der Waals surface area contributed by atoms with Gasteiger partial charge in [-0.25, -0.2) is 22.5 Å². The second-order valence-corrected chi connectivity index (χ2v) is 6.38. The Morgan fingerprint density at radius 2 is 1.96 bits per heavy atom. The first-order valence-corrected chi connectivity index (χ1v) is 7.81. The number of fused-ring (bicyclic) bond motifs is 1. The highest BCUT2D eigenvalue weighted by Gasteiger charge is 2.24. The number of hydrogen-bond donors (Lipinski definition) is 2. The van der Waals surface area contributed by atoms with Crippen molar-refractivity contribution in [1.29, 1.82) is 0 Å². The summed E-state index contributed by atoms with van der Waals surface area (Å²) in [5, 5.41) is -0.437. The van der Waals surface area contributed by atoms with E-state index in [1.165, 1.54) is 25.2 Å². The van der Waals surface area contributed by atoms with E-state index in [1.54, 1.807) is 0 Å². The van der Waals surface area contributed by atoms with Crippen molar-refractivity contribution in [3.05, 3.63) is 46.6 Å². The van der Waals surface area contributed by atoms with Crippen molar-refractivity contribution in [2.75, 3.05) is 12.8 Å². The number of nitrogen functional groups attached to an aromatic ring is 1. The van der Waals surface area contributed by atoms with Crippen LogP contribution in [0.25, 0.3) is 11.1 Å². The SMILES string of the molecule is CNS(=O)(=O)c1ccc(C(=O)n2c(=O)oc3cc(N)ccc32)o1. The molecule has 0 aliphatic rings. The van der Waals surface area contributed by atoms with Crippen LogP contribution in [0.4, 0.5) is 5.69 Å². The Bertz CT molecular complexity index is 1070. The zero-order valence-corrected chi connectivity index (χ0v) is 12.6. The Hall–Kier alpha value is -2.85. The van der Waals surface area contributed by atoms with Crippen LogP contribution in [0.3, 0.4) is 0 Å². The maximum absolute atomic E-state index is 12.4. The average molecular weight is 337 g/mol. The van der Waals surface area contributed by atoms with Gasteiger partial charge < -0.3 is 14.6 Å². The van der Waals surface area contributed by atoms with E-state index in [4.69, 9.17) is 14.6 Å². The van der Waals surface area contributed by atoms with Crippen LogP contribution in [0, 0.1) is 0 Å². The molecule has 0 saturated heterocycles. The van der Waals surface area contributed by atoms with Gasteiger partial charge in [0.1, 0.15) is 0 Å². The molecule has 0 atom stereocenters. The molecule has 3 rings (SSSR count). The number of anilines is 1. The van der Waals surface area contributed by atoms with Crippen LogP contribution < -0.4 is 16.2 Å². The molecule has 3 aromatic rings. The lowest BCUT2D eigenvalue weighted by Gasteiger charge is -1.99. The molecule has 0 unspecified atom stereocenters. The van der Waals surface area contributed by atoms with E-state index in [0.717, 1.165) is 16.7 Å². The number of hydrogen-bond acceptors (Lipinski definition) is 7. The number of nitrogens with zero attached hydrogens (tertiary/aromatic N) is 1. The lowest BCUT2D eigenvalue weighted by molar-refractivity contribution is 0.0923. The molecule has 0 bridgehead atoms. The number of nitrogens with two attached hydrogens (primary N) is 1. The predicted octanol–water partition coefficient (Wildman–Crippen LogP) is 0.366. The largest absolute Gasteiger partial charge is 0.438 e. The molecule has 0 saturated carbocycles. The fourth-order valence-electron chi connectivity index (χ4n) is 2.02. The van der Waals surface area contributed by atoms with Crippen molar-refractivity contribution < 1.29 is 22.0 Å². The third-order valence-electron chi connectivity index (χ3n) is 3.13. The zero-order chi connectivity index (χ0) is 16.8. The summed E-state index contributed by atoms with van der Waals surface area (Å²) in [7, 11) is -2.63. The number of carbonyl (C=O) groups excluding carboxylic acids is 1. The molecule has 1 aromatic carbocycles. The van der Waals surface area contributed by atoms with Crippen molar-refractivity contribution in [2.24, 2.45) is 0 Å². The molecule has 0 aliphatic heterocycles. The predicted molar refractivity (Wildman–Crippen MR) is 79.6 cm³/mol. The van der Waals surface area contributed by atoms with E-state index in [9.17, 15) is 18.0 Å². The first kappa shape index (κ1) is 15.1. The Balaban J connectivity index is 2.12. The Labute approximate surface area is 129 Å². The van der Waals surface area contributed by atoms with Gasteiger partial charge in [-0.2, -0.15) is 0 Å². The monoisotopic (exact) mass is 337 g/mol. The third-order valence-corrected chi connectivity index (χ3v) is 4.42. The van der Waals surface area contributed by atoms with Gasteiger partial charge in [0, 0.05) is 11.8 Å². The molecule has 0 radical (unpaired) electrons. The van der Waals surface area contributed by atoms with Gasteiger partial charge in [0.25, 0.3) is 10.0 Å². The van der Waals surface area contributed by atoms with Crippen molar-refractivity contribution in [3.63, 3.8) is 0 Å². The number of oxazole rings is 1. The van der Waals surface area contributed by atoms with E-state index < -0.39 is 26.8 Å². The summed E-state index contributed by atoms with van der Waals surface area (Å²) >= 11 is 0.